The minimum Gasteiger partial charge on any atom is -0.504 e. The Morgan fingerprint density at radius 2 is 1.62 bits per heavy atom. The number of ether oxygens (including phenoxy) is 1. The number of hydrazine groups is 1. The minimum absolute atomic E-state index is 0.0109. The third-order valence-corrected chi connectivity index (χ3v) is 11.5. The molecule has 1 saturated carbocycles. The SMILES string of the molecule is COc1cc(C=CC2C3=CCC4C(=O)N(c5ccc(Cl)cc5)C(=O)C4C3CC3C(=O)N(Nc4ccc(C)cc4)C(=O)C23c2ccccc2)ccc1O. The van der Waals surface area contributed by atoms with Gasteiger partial charge in [0.1, 0.15) is 0 Å². The molecular weight excluding hydrogens is 678 g/mol. The van der Waals surface area contributed by atoms with Crippen LogP contribution in [-0.2, 0) is 24.6 Å². The zero-order chi connectivity index (χ0) is 36.3. The molecule has 4 amide bonds. The molecule has 4 aliphatic rings. The van der Waals surface area contributed by atoms with Gasteiger partial charge in [0.05, 0.1) is 41.7 Å². The fourth-order valence-electron chi connectivity index (χ4n) is 8.84. The first-order valence-corrected chi connectivity index (χ1v) is 17.7. The second kappa shape index (κ2) is 12.8. The number of aryl methyl sites for hydroxylation is 1. The van der Waals surface area contributed by atoms with Crippen molar-refractivity contribution in [1.82, 2.24) is 5.01 Å². The number of hydrogen-bond donors (Lipinski definition) is 2. The molecule has 4 aromatic carbocycles. The molecule has 6 unspecified atom stereocenters. The Morgan fingerprint density at radius 1 is 0.885 bits per heavy atom. The van der Waals surface area contributed by atoms with Gasteiger partial charge < -0.3 is 9.84 Å². The van der Waals surface area contributed by atoms with Gasteiger partial charge in [-0.2, -0.15) is 5.01 Å². The van der Waals surface area contributed by atoms with Crippen LogP contribution in [0.15, 0.2) is 115 Å². The number of rotatable bonds is 7. The monoisotopic (exact) mass is 713 g/mol. The summed E-state index contributed by atoms with van der Waals surface area (Å²) in [6.45, 7) is 1.96. The molecular formula is C42H36ClN3O6. The molecule has 2 aliphatic carbocycles. The van der Waals surface area contributed by atoms with Crippen LogP contribution in [0, 0.1) is 36.5 Å². The summed E-state index contributed by atoms with van der Waals surface area (Å²) in [7, 11) is 1.47. The number of nitrogens with zero attached hydrogens (tertiary/aromatic N) is 2. The van der Waals surface area contributed by atoms with E-state index in [1.807, 2.05) is 79.7 Å². The lowest BCUT2D eigenvalue weighted by atomic mass is 9.50. The van der Waals surface area contributed by atoms with Crippen molar-refractivity contribution >= 4 is 52.7 Å². The average Bonchev–Trinajstić information content (AvgIpc) is 3.54. The molecule has 10 heteroatoms. The van der Waals surface area contributed by atoms with Crippen LogP contribution in [0.25, 0.3) is 6.08 Å². The first-order valence-electron chi connectivity index (χ1n) is 17.3. The predicted octanol–water partition coefficient (Wildman–Crippen LogP) is 7.10. The summed E-state index contributed by atoms with van der Waals surface area (Å²) in [5.74, 6) is -4.48. The number of methoxy groups -OCH3 is 1. The number of benzene rings is 4. The molecule has 0 radical (unpaired) electrons. The Morgan fingerprint density at radius 3 is 2.33 bits per heavy atom. The number of imide groups is 2. The number of phenolic OH excluding ortho intramolecular Hbond substituents is 1. The molecule has 9 nitrogen and oxygen atoms in total. The van der Waals surface area contributed by atoms with E-state index in [0.29, 0.717) is 33.9 Å². The van der Waals surface area contributed by atoms with Crippen molar-refractivity contribution in [2.24, 2.45) is 29.6 Å². The van der Waals surface area contributed by atoms with E-state index in [1.165, 1.54) is 18.1 Å². The molecule has 2 heterocycles. The first kappa shape index (κ1) is 33.5. The number of fused-ring (bicyclic) bond motifs is 4. The second-order valence-corrected chi connectivity index (χ2v) is 14.4. The van der Waals surface area contributed by atoms with Gasteiger partial charge in [0.25, 0.3) is 11.8 Å². The topological polar surface area (TPSA) is 116 Å². The number of amides is 4. The van der Waals surface area contributed by atoms with Crippen LogP contribution in [0.2, 0.25) is 5.02 Å². The van der Waals surface area contributed by atoms with Crippen molar-refractivity contribution in [2.45, 2.75) is 25.2 Å². The van der Waals surface area contributed by atoms with Gasteiger partial charge in [-0.05, 0) is 85.3 Å². The van der Waals surface area contributed by atoms with E-state index in [9.17, 15) is 19.5 Å². The maximum atomic E-state index is 15.2. The van der Waals surface area contributed by atoms with Crippen molar-refractivity contribution in [3.8, 4) is 11.5 Å². The zero-order valence-corrected chi connectivity index (χ0v) is 29.3. The number of phenols is 1. The Hall–Kier alpha value is -5.67. The van der Waals surface area contributed by atoms with Crippen molar-refractivity contribution in [1.29, 1.82) is 0 Å². The van der Waals surface area contributed by atoms with Crippen LogP contribution in [-0.4, -0.2) is 40.9 Å². The number of allylic oxidation sites excluding steroid dienone is 3. The van der Waals surface area contributed by atoms with E-state index in [1.54, 1.807) is 36.4 Å². The van der Waals surface area contributed by atoms with Crippen LogP contribution in [0.1, 0.15) is 29.5 Å². The highest BCUT2D eigenvalue weighted by molar-refractivity contribution is 6.31. The standard InChI is InChI=1S/C42H36ClN3O6/c1-24-8-14-28(15-9-24)44-46-39(49)34-23-32-30(18-19-31-37(32)40(50)45(38(31)48)29-16-12-27(43)13-17-29)33(20-10-25-11-21-35(47)36(22-25)52-2)42(34,41(46)51)26-6-4-3-5-7-26/h3-18,20-22,31-34,37,44,47H,19,23H2,1-2H3. The number of anilines is 2. The highest BCUT2D eigenvalue weighted by Crippen LogP contribution is 2.61. The van der Waals surface area contributed by atoms with Gasteiger partial charge in [-0.3, -0.25) is 29.5 Å². The number of hydrogen-bond acceptors (Lipinski definition) is 7. The van der Waals surface area contributed by atoms with Gasteiger partial charge in [0.15, 0.2) is 11.5 Å². The Labute approximate surface area is 306 Å². The average molecular weight is 714 g/mol. The van der Waals surface area contributed by atoms with E-state index in [2.05, 4.69) is 5.43 Å². The van der Waals surface area contributed by atoms with Crippen LogP contribution in [0.3, 0.4) is 0 Å². The molecule has 2 aliphatic heterocycles. The van der Waals surface area contributed by atoms with Crippen molar-refractivity contribution in [2.75, 3.05) is 17.4 Å². The Balaban J connectivity index is 1.29. The van der Waals surface area contributed by atoms with Gasteiger partial charge in [-0.1, -0.05) is 89.5 Å². The van der Waals surface area contributed by atoms with Gasteiger partial charge in [0, 0.05) is 10.9 Å². The number of aromatic hydroxyl groups is 1. The molecule has 2 N–H and O–H groups in total. The summed E-state index contributed by atoms with van der Waals surface area (Å²) in [4.78, 5) is 59.6. The van der Waals surface area contributed by atoms with Gasteiger partial charge >= 0.3 is 0 Å². The van der Waals surface area contributed by atoms with Crippen LogP contribution in [0.4, 0.5) is 11.4 Å². The van der Waals surface area contributed by atoms with Crippen molar-refractivity contribution in [3.63, 3.8) is 0 Å². The molecule has 4 aromatic rings. The fourth-order valence-corrected chi connectivity index (χ4v) is 8.97. The molecule has 2 saturated heterocycles. The van der Waals surface area contributed by atoms with E-state index in [4.69, 9.17) is 16.3 Å². The molecule has 3 fully saturated rings. The van der Waals surface area contributed by atoms with Crippen LogP contribution in [0.5, 0.6) is 11.5 Å². The Bertz CT molecular complexity index is 2170. The molecule has 0 aromatic heterocycles. The summed E-state index contributed by atoms with van der Waals surface area (Å²) >= 11 is 6.14. The molecule has 8 rings (SSSR count). The molecule has 52 heavy (non-hydrogen) atoms. The highest BCUT2D eigenvalue weighted by Gasteiger charge is 2.69. The largest absolute Gasteiger partial charge is 0.504 e. The maximum absolute atomic E-state index is 15.2. The number of nitrogens with one attached hydrogen (secondary N) is 1. The molecule has 6 atom stereocenters. The number of carbonyl (C=O) groups is 4. The third-order valence-electron chi connectivity index (χ3n) is 11.2. The summed E-state index contributed by atoms with van der Waals surface area (Å²) in [6.07, 6.45) is 6.32. The zero-order valence-electron chi connectivity index (χ0n) is 28.5. The van der Waals surface area contributed by atoms with E-state index in [0.717, 1.165) is 16.1 Å². The smallest absolute Gasteiger partial charge is 0.260 e. The van der Waals surface area contributed by atoms with E-state index in [-0.39, 0.29) is 29.7 Å². The first-order chi connectivity index (χ1) is 25.1. The lowest BCUT2D eigenvalue weighted by molar-refractivity contribution is -0.139. The third kappa shape index (κ3) is 5.13. The maximum Gasteiger partial charge on any atom is 0.260 e. The van der Waals surface area contributed by atoms with Gasteiger partial charge in [-0.15, -0.1) is 0 Å². The lowest BCUT2D eigenvalue weighted by Gasteiger charge is -2.49. The van der Waals surface area contributed by atoms with Crippen LogP contribution < -0.4 is 15.1 Å². The fraction of sp³-hybridized carbons (Fsp3) is 0.238. The van der Waals surface area contributed by atoms with E-state index >= 15 is 4.79 Å². The normalized spacial score (nSPS) is 26.7. The lowest BCUT2D eigenvalue weighted by Crippen LogP contribution is -2.54. The quantitative estimate of drug-likeness (QED) is 0.155. The molecule has 0 spiro atoms. The molecule has 262 valence electrons. The van der Waals surface area contributed by atoms with Gasteiger partial charge in [0.2, 0.25) is 11.8 Å². The van der Waals surface area contributed by atoms with Crippen molar-refractivity contribution < 1.29 is 29.0 Å². The predicted molar refractivity (Wildman–Crippen MR) is 197 cm³/mol. The molecule has 0 bridgehead atoms. The van der Waals surface area contributed by atoms with E-state index < -0.39 is 46.8 Å². The van der Waals surface area contributed by atoms with Gasteiger partial charge in [-0.25, -0.2) is 0 Å². The Kier molecular flexibility index (Phi) is 8.26. The highest BCUT2D eigenvalue weighted by atomic mass is 35.5. The number of carbonyl (C=O) groups excluding carboxylic acids is 4. The second-order valence-electron chi connectivity index (χ2n) is 13.9. The summed E-state index contributed by atoms with van der Waals surface area (Å²) in [5, 5.41) is 11.9. The summed E-state index contributed by atoms with van der Waals surface area (Å²) < 4.78 is 5.36. The minimum atomic E-state index is -1.37. The number of halogens is 1. The van der Waals surface area contributed by atoms with Crippen molar-refractivity contribution in [3.05, 3.63) is 137 Å². The summed E-state index contributed by atoms with van der Waals surface area (Å²) in [5.41, 5.74) is 6.05. The summed E-state index contributed by atoms with van der Waals surface area (Å²) in [6, 6.07) is 28.4. The van der Waals surface area contributed by atoms with Crippen LogP contribution >= 0.6 is 11.6 Å².